The van der Waals surface area contributed by atoms with Crippen LogP contribution in [0.4, 0.5) is 0 Å². The zero-order valence-electron chi connectivity index (χ0n) is 11.4. The average Bonchev–Trinajstić information content (AvgIpc) is 2.78. The third-order valence-corrected chi connectivity index (χ3v) is 4.13. The van der Waals surface area contributed by atoms with Crippen LogP contribution in [0.5, 0.6) is 0 Å². The molecule has 0 aliphatic heterocycles. The van der Waals surface area contributed by atoms with E-state index in [1.165, 1.54) is 0 Å². The summed E-state index contributed by atoms with van der Waals surface area (Å²) in [5, 5.41) is 3.99. The van der Waals surface area contributed by atoms with E-state index in [0.717, 1.165) is 21.0 Å². The second kappa shape index (κ2) is 5.94. The van der Waals surface area contributed by atoms with Gasteiger partial charge in [-0.15, -0.1) is 0 Å². The smallest absolute Gasteiger partial charge is 0.287 e. The number of carbonyl (C=O) groups excluding carboxylic acids is 1. The molecule has 1 aromatic carbocycles. The first-order chi connectivity index (χ1) is 9.01. The van der Waals surface area contributed by atoms with Crippen LogP contribution < -0.4 is 5.32 Å². The van der Waals surface area contributed by atoms with Crippen LogP contribution in [0.1, 0.15) is 30.0 Å². The Bertz CT molecular complexity index is 589. The highest BCUT2D eigenvalue weighted by atomic mass is 127. The Balaban J connectivity index is 2.21. The van der Waals surface area contributed by atoms with Gasteiger partial charge in [-0.2, -0.15) is 0 Å². The van der Waals surface area contributed by atoms with Crippen LogP contribution in [-0.4, -0.2) is 16.4 Å². The van der Waals surface area contributed by atoms with Gasteiger partial charge in [0.2, 0.25) is 0 Å². The number of hydrogen-bond donors (Lipinski definition) is 1. The number of alkyl halides is 1. The molecule has 0 saturated heterocycles. The molecule has 3 nitrogen and oxygen atoms in total. The van der Waals surface area contributed by atoms with Crippen molar-refractivity contribution in [3.8, 4) is 0 Å². The molecule has 0 aliphatic rings. The molecule has 0 spiro atoms. The van der Waals surface area contributed by atoms with Crippen LogP contribution in [0, 0.1) is 12.8 Å². The molecule has 2 rings (SSSR count). The summed E-state index contributed by atoms with van der Waals surface area (Å²) in [7, 11) is 0. The van der Waals surface area contributed by atoms with Crippen molar-refractivity contribution < 1.29 is 9.21 Å². The second-order valence-corrected chi connectivity index (χ2v) is 6.01. The number of carbonyl (C=O) groups is 1. The van der Waals surface area contributed by atoms with Crippen LogP contribution in [-0.2, 0) is 0 Å². The van der Waals surface area contributed by atoms with Crippen LogP contribution >= 0.6 is 22.6 Å². The molecule has 0 aliphatic carbocycles. The van der Waals surface area contributed by atoms with Gasteiger partial charge in [0.25, 0.3) is 5.91 Å². The van der Waals surface area contributed by atoms with Crippen molar-refractivity contribution in [2.45, 2.75) is 26.8 Å². The molecule has 102 valence electrons. The summed E-state index contributed by atoms with van der Waals surface area (Å²) < 4.78 is 6.48. The van der Waals surface area contributed by atoms with Crippen molar-refractivity contribution in [3.63, 3.8) is 0 Å². The summed E-state index contributed by atoms with van der Waals surface area (Å²) in [5.74, 6) is 0.660. The molecule has 2 aromatic rings. The van der Waals surface area contributed by atoms with Gasteiger partial charge >= 0.3 is 0 Å². The van der Waals surface area contributed by atoms with E-state index in [4.69, 9.17) is 4.42 Å². The molecule has 1 aromatic heterocycles. The van der Waals surface area contributed by atoms with Crippen molar-refractivity contribution in [2.75, 3.05) is 4.43 Å². The Labute approximate surface area is 126 Å². The first-order valence-electron chi connectivity index (χ1n) is 6.38. The molecule has 1 atom stereocenters. The lowest BCUT2D eigenvalue weighted by molar-refractivity contribution is 0.0906. The Hall–Kier alpha value is -1.04. The van der Waals surface area contributed by atoms with Gasteiger partial charge in [0.05, 0.1) is 0 Å². The molecular weight excluding hydrogens is 353 g/mol. The van der Waals surface area contributed by atoms with Crippen LogP contribution in [0.25, 0.3) is 11.0 Å². The predicted molar refractivity (Wildman–Crippen MR) is 85.9 cm³/mol. The van der Waals surface area contributed by atoms with Gasteiger partial charge in [0, 0.05) is 15.9 Å². The van der Waals surface area contributed by atoms with Gasteiger partial charge in [0.1, 0.15) is 5.58 Å². The molecule has 1 N–H and O–H groups in total. The quantitative estimate of drug-likeness (QED) is 0.654. The van der Waals surface area contributed by atoms with Crippen LogP contribution in [0.3, 0.4) is 0 Å². The van der Waals surface area contributed by atoms with Gasteiger partial charge in [-0.3, -0.25) is 4.79 Å². The van der Waals surface area contributed by atoms with E-state index < -0.39 is 0 Å². The van der Waals surface area contributed by atoms with Crippen molar-refractivity contribution >= 4 is 39.5 Å². The number of hydrogen-bond acceptors (Lipinski definition) is 2. The summed E-state index contributed by atoms with van der Waals surface area (Å²) in [5.41, 5.74) is 1.92. The van der Waals surface area contributed by atoms with Gasteiger partial charge < -0.3 is 9.73 Å². The molecule has 0 bridgehead atoms. The fraction of sp³-hybridized carbons (Fsp3) is 0.400. The third-order valence-electron chi connectivity index (χ3n) is 3.18. The minimum atomic E-state index is -0.135. The van der Waals surface area contributed by atoms with Crippen molar-refractivity contribution in [1.82, 2.24) is 5.32 Å². The van der Waals surface area contributed by atoms with Crippen LogP contribution in [0.2, 0.25) is 0 Å². The summed E-state index contributed by atoms with van der Waals surface area (Å²) in [6.07, 6.45) is 0. The minimum Gasteiger partial charge on any atom is -0.451 e. The van der Waals surface area contributed by atoms with Crippen molar-refractivity contribution in [1.29, 1.82) is 0 Å². The molecule has 1 unspecified atom stereocenters. The summed E-state index contributed by atoms with van der Waals surface area (Å²) in [6, 6.07) is 7.88. The third kappa shape index (κ3) is 3.29. The lowest BCUT2D eigenvalue weighted by Gasteiger charge is -2.18. The maximum atomic E-state index is 12.2. The van der Waals surface area contributed by atoms with E-state index in [1.54, 1.807) is 0 Å². The SMILES string of the molecule is Cc1ccc2oc(C(=O)NC(CI)C(C)C)cc2c1. The lowest BCUT2D eigenvalue weighted by atomic mass is 10.1. The van der Waals surface area contributed by atoms with E-state index >= 15 is 0 Å². The first-order valence-corrected chi connectivity index (χ1v) is 7.91. The minimum absolute atomic E-state index is 0.135. The topological polar surface area (TPSA) is 42.2 Å². The molecule has 1 amide bonds. The molecular formula is C15H18INO2. The number of fused-ring (bicyclic) bond motifs is 1. The Morgan fingerprint density at radius 1 is 1.37 bits per heavy atom. The van der Waals surface area contributed by atoms with E-state index in [1.807, 2.05) is 31.2 Å². The highest BCUT2D eigenvalue weighted by Crippen LogP contribution is 2.21. The normalized spacial score (nSPS) is 12.9. The summed E-state index contributed by atoms with van der Waals surface area (Å²) >= 11 is 2.29. The number of nitrogens with one attached hydrogen (secondary N) is 1. The molecule has 0 radical (unpaired) electrons. The predicted octanol–water partition coefficient (Wildman–Crippen LogP) is 3.93. The number of furan rings is 1. The first kappa shape index (κ1) is 14.4. The number of rotatable bonds is 4. The van der Waals surface area contributed by atoms with Gasteiger partial charge in [-0.05, 0) is 31.0 Å². The second-order valence-electron chi connectivity index (χ2n) is 5.13. The number of aryl methyl sites for hydroxylation is 1. The number of amides is 1. The molecule has 0 saturated carbocycles. The van der Waals surface area contributed by atoms with E-state index in [2.05, 4.69) is 41.8 Å². The molecule has 4 heteroatoms. The highest BCUT2D eigenvalue weighted by molar-refractivity contribution is 14.1. The zero-order valence-corrected chi connectivity index (χ0v) is 13.5. The summed E-state index contributed by atoms with van der Waals surface area (Å²) in [4.78, 5) is 12.2. The Kier molecular flexibility index (Phi) is 4.50. The van der Waals surface area contributed by atoms with E-state index in [-0.39, 0.29) is 11.9 Å². The Morgan fingerprint density at radius 2 is 2.11 bits per heavy atom. The largest absolute Gasteiger partial charge is 0.451 e. The average molecular weight is 371 g/mol. The fourth-order valence-electron chi connectivity index (χ4n) is 1.90. The maximum absolute atomic E-state index is 12.2. The standard InChI is InChI=1S/C15H18INO2/c1-9(2)12(8-16)17-15(18)14-7-11-6-10(3)4-5-13(11)19-14/h4-7,9,12H,8H2,1-3H3,(H,17,18). The lowest BCUT2D eigenvalue weighted by Crippen LogP contribution is -2.39. The molecule has 1 heterocycles. The van der Waals surface area contributed by atoms with Crippen LogP contribution in [0.15, 0.2) is 28.7 Å². The maximum Gasteiger partial charge on any atom is 0.287 e. The monoisotopic (exact) mass is 371 g/mol. The molecule has 19 heavy (non-hydrogen) atoms. The highest BCUT2D eigenvalue weighted by Gasteiger charge is 2.18. The van der Waals surface area contributed by atoms with E-state index in [9.17, 15) is 4.79 Å². The van der Waals surface area contributed by atoms with Gasteiger partial charge in [-0.1, -0.05) is 48.1 Å². The Morgan fingerprint density at radius 3 is 2.74 bits per heavy atom. The number of halogens is 1. The van der Waals surface area contributed by atoms with E-state index in [0.29, 0.717) is 11.7 Å². The van der Waals surface area contributed by atoms with Crippen molar-refractivity contribution in [3.05, 3.63) is 35.6 Å². The fourth-order valence-corrected chi connectivity index (χ4v) is 3.13. The summed E-state index contributed by atoms with van der Waals surface area (Å²) in [6.45, 7) is 6.23. The van der Waals surface area contributed by atoms with Gasteiger partial charge in [-0.25, -0.2) is 0 Å². The molecule has 0 fully saturated rings. The number of benzene rings is 1. The van der Waals surface area contributed by atoms with Gasteiger partial charge in [0.15, 0.2) is 5.76 Å². The van der Waals surface area contributed by atoms with Crippen molar-refractivity contribution in [2.24, 2.45) is 5.92 Å². The zero-order chi connectivity index (χ0) is 14.0.